The first-order valence-electron chi connectivity index (χ1n) is 5.43. The molecule has 2 rings (SSSR count). The molecule has 1 aromatic rings. The Morgan fingerprint density at radius 3 is 2.75 bits per heavy atom. The molecule has 0 spiro atoms. The number of rotatable bonds is 4. The third-order valence-electron chi connectivity index (χ3n) is 3.23. The van der Waals surface area contributed by atoms with Gasteiger partial charge in [-0.25, -0.2) is 0 Å². The Labute approximate surface area is 99.0 Å². The van der Waals surface area contributed by atoms with Crippen molar-refractivity contribution in [2.45, 2.75) is 26.2 Å². The predicted molar refractivity (Wildman–Crippen MR) is 67.7 cm³/mol. The van der Waals surface area contributed by atoms with Gasteiger partial charge < -0.3 is 16.8 Å². The molecule has 1 aliphatic rings. The summed E-state index contributed by atoms with van der Waals surface area (Å²) < 4.78 is 0. The highest BCUT2D eigenvalue weighted by Gasteiger charge is 2.31. The Hall–Kier alpha value is -1.23. The second-order valence-corrected chi connectivity index (χ2v) is 5.83. The molecule has 0 unspecified atom stereocenters. The maximum absolute atomic E-state index is 11.0. The molecule has 16 heavy (non-hydrogen) atoms. The minimum atomic E-state index is -0.453. The van der Waals surface area contributed by atoms with Gasteiger partial charge in [-0.15, -0.1) is 11.3 Å². The van der Waals surface area contributed by atoms with Crippen molar-refractivity contribution in [1.82, 2.24) is 0 Å². The van der Waals surface area contributed by atoms with Crippen LogP contribution in [0, 0.1) is 5.41 Å². The molecule has 1 heterocycles. The quantitative estimate of drug-likeness (QED) is 0.752. The van der Waals surface area contributed by atoms with Crippen molar-refractivity contribution in [3.05, 3.63) is 10.9 Å². The summed E-state index contributed by atoms with van der Waals surface area (Å²) in [6, 6.07) is 1.78. The first-order chi connectivity index (χ1) is 7.50. The zero-order valence-corrected chi connectivity index (χ0v) is 10.2. The average Bonchev–Trinajstić information content (AvgIpc) is 2.54. The van der Waals surface area contributed by atoms with Crippen LogP contribution in [0.25, 0.3) is 0 Å². The second-order valence-electron chi connectivity index (χ2n) is 4.78. The van der Waals surface area contributed by atoms with Crippen LogP contribution in [0.5, 0.6) is 0 Å². The van der Waals surface area contributed by atoms with E-state index in [1.54, 1.807) is 6.07 Å². The molecule has 0 aliphatic heterocycles. The number of nitrogens with two attached hydrogens (primary N) is 2. The van der Waals surface area contributed by atoms with E-state index in [9.17, 15) is 4.79 Å². The number of primary amides is 1. The number of hydrogen-bond acceptors (Lipinski definition) is 4. The van der Waals surface area contributed by atoms with Gasteiger partial charge in [-0.2, -0.15) is 0 Å². The SMILES string of the molecule is CC1(CNc2cc(N)c(C(N)=O)s2)CCC1. The Morgan fingerprint density at radius 1 is 1.62 bits per heavy atom. The number of amides is 1. The van der Waals surface area contributed by atoms with E-state index < -0.39 is 5.91 Å². The largest absolute Gasteiger partial charge is 0.397 e. The molecule has 5 heteroatoms. The van der Waals surface area contributed by atoms with E-state index in [1.165, 1.54) is 30.6 Å². The molecule has 0 aromatic carbocycles. The summed E-state index contributed by atoms with van der Waals surface area (Å²) in [5.41, 5.74) is 11.8. The molecule has 0 saturated heterocycles. The van der Waals surface area contributed by atoms with Crippen LogP contribution in [0.2, 0.25) is 0 Å². The van der Waals surface area contributed by atoms with Crippen molar-refractivity contribution >= 4 is 27.9 Å². The predicted octanol–water partition coefficient (Wildman–Crippen LogP) is 2.03. The number of anilines is 2. The van der Waals surface area contributed by atoms with Gasteiger partial charge >= 0.3 is 0 Å². The van der Waals surface area contributed by atoms with Crippen molar-refractivity contribution in [1.29, 1.82) is 0 Å². The van der Waals surface area contributed by atoms with Crippen LogP contribution < -0.4 is 16.8 Å². The van der Waals surface area contributed by atoms with Gasteiger partial charge in [0.25, 0.3) is 5.91 Å². The molecule has 88 valence electrons. The molecule has 1 amide bonds. The molecular formula is C11H17N3OS. The number of thiophene rings is 1. The first kappa shape index (κ1) is 11.3. The van der Waals surface area contributed by atoms with Crippen LogP contribution >= 0.6 is 11.3 Å². The van der Waals surface area contributed by atoms with Gasteiger partial charge in [0.1, 0.15) is 4.88 Å². The van der Waals surface area contributed by atoms with Crippen molar-refractivity contribution < 1.29 is 4.79 Å². The number of nitrogen functional groups attached to an aromatic ring is 1. The summed E-state index contributed by atoms with van der Waals surface area (Å²) in [7, 11) is 0. The molecule has 4 nitrogen and oxygen atoms in total. The van der Waals surface area contributed by atoms with Crippen LogP contribution in [0.3, 0.4) is 0 Å². The lowest BCUT2D eigenvalue weighted by atomic mass is 9.70. The fourth-order valence-electron chi connectivity index (χ4n) is 1.94. The summed E-state index contributed by atoms with van der Waals surface area (Å²) in [6.07, 6.45) is 3.85. The Bertz CT molecular complexity index is 409. The molecule has 5 N–H and O–H groups in total. The van der Waals surface area contributed by atoms with E-state index in [0.717, 1.165) is 11.5 Å². The maximum atomic E-state index is 11.0. The van der Waals surface area contributed by atoms with E-state index in [-0.39, 0.29) is 0 Å². The van der Waals surface area contributed by atoms with Crippen LogP contribution in [-0.2, 0) is 0 Å². The van der Waals surface area contributed by atoms with E-state index in [1.807, 2.05) is 0 Å². The van der Waals surface area contributed by atoms with E-state index in [0.29, 0.717) is 16.0 Å². The lowest BCUT2D eigenvalue weighted by molar-refractivity contribution is 0.100. The minimum Gasteiger partial charge on any atom is -0.397 e. The maximum Gasteiger partial charge on any atom is 0.260 e. The Balaban J connectivity index is 1.99. The molecular weight excluding hydrogens is 222 g/mol. The summed E-state index contributed by atoms with van der Waals surface area (Å²) in [6.45, 7) is 3.21. The fraction of sp³-hybridized carbons (Fsp3) is 0.545. The Morgan fingerprint density at radius 2 is 2.31 bits per heavy atom. The lowest BCUT2D eigenvalue weighted by Crippen LogP contribution is -2.33. The highest BCUT2D eigenvalue weighted by molar-refractivity contribution is 7.18. The van der Waals surface area contributed by atoms with Gasteiger partial charge in [0.15, 0.2) is 0 Å². The van der Waals surface area contributed by atoms with Crippen LogP contribution in [-0.4, -0.2) is 12.5 Å². The standard InChI is InChI=1S/C11H17N3OS/c1-11(3-2-4-11)6-14-8-5-7(12)9(16-8)10(13)15/h5,14H,2-4,6,12H2,1H3,(H2,13,15). The lowest BCUT2D eigenvalue weighted by Gasteiger charge is -2.38. The average molecular weight is 239 g/mol. The van der Waals surface area contributed by atoms with Crippen LogP contribution in [0.4, 0.5) is 10.7 Å². The van der Waals surface area contributed by atoms with E-state index in [2.05, 4.69) is 12.2 Å². The van der Waals surface area contributed by atoms with Crippen molar-refractivity contribution in [3.63, 3.8) is 0 Å². The van der Waals surface area contributed by atoms with Gasteiger partial charge in [0.05, 0.1) is 10.7 Å². The van der Waals surface area contributed by atoms with Crippen molar-refractivity contribution in [2.75, 3.05) is 17.6 Å². The third kappa shape index (κ3) is 2.14. The summed E-state index contributed by atoms with van der Waals surface area (Å²) in [5.74, 6) is -0.453. The second kappa shape index (κ2) is 3.97. The van der Waals surface area contributed by atoms with E-state index in [4.69, 9.17) is 11.5 Å². The minimum absolute atomic E-state index is 0.408. The molecule has 1 saturated carbocycles. The van der Waals surface area contributed by atoms with Gasteiger partial charge in [0, 0.05) is 6.54 Å². The molecule has 0 atom stereocenters. The zero-order chi connectivity index (χ0) is 11.8. The van der Waals surface area contributed by atoms with Crippen molar-refractivity contribution in [2.24, 2.45) is 11.1 Å². The first-order valence-corrected chi connectivity index (χ1v) is 6.25. The highest BCUT2D eigenvalue weighted by atomic mass is 32.1. The summed E-state index contributed by atoms with van der Waals surface area (Å²) in [5, 5.41) is 4.26. The van der Waals surface area contributed by atoms with Crippen molar-refractivity contribution in [3.8, 4) is 0 Å². The molecule has 0 radical (unpaired) electrons. The number of hydrogen-bond donors (Lipinski definition) is 3. The topological polar surface area (TPSA) is 81.1 Å². The summed E-state index contributed by atoms with van der Waals surface area (Å²) >= 11 is 1.33. The van der Waals surface area contributed by atoms with E-state index >= 15 is 0 Å². The molecule has 0 bridgehead atoms. The zero-order valence-electron chi connectivity index (χ0n) is 9.38. The summed E-state index contributed by atoms with van der Waals surface area (Å²) in [4.78, 5) is 11.5. The highest BCUT2D eigenvalue weighted by Crippen LogP contribution is 2.40. The van der Waals surface area contributed by atoms with Gasteiger partial charge in [-0.3, -0.25) is 4.79 Å². The molecule has 1 fully saturated rings. The molecule has 1 aliphatic carbocycles. The smallest absolute Gasteiger partial charge is 0.260 e. The third-order valence-corrected chi connectivity index (χ3v) is 4.36. The van der Waals surface area contributed by atoms with Gasteiger partial charge in [-0.1, -0.05) is 13.3 Å². The number of carbonyl (C=O) groups excluding carboxylic acids is 1. The molecule has 1 aromatic heterocycles. The normalized spacial score (nSPS) is 17.8. The Kier molecular flexibility index (Phi) is 2.80. The van der Waals surface area contributed by atoms with Gasteiger partial charge in [0.2, 0.25) is 0 Å². The number of carbonyl (C=O) groups is 1. The number of nitrogens with one attached hydrogen (secondary N) is 1. The fourth-order valence-corrected chi connectivity index (χ4v) is 2.77. The van der Waals surface area contributed by atoms with Gasteiger partial charge in [-0.05, 0) is 24.3 Å². The van der Waals surface area contributed by atoms with Crippen LogP contribution in [0.1, 0.15) is 35.9 Å². The van der Waals surface area contributed by atoms with Crippen LogP contribution in [0.15, 0.2) is 6.07 Å². The monoisotopic (exact) mass is 239 g/mol.